The van der Waals surface area contributed by atoms with Gasteiger partial charge in [0.15, 0.2) is 0 Å². The summed E-state index contributed by atoms with van der Waals surface area (Å²) in [5, 5.41) is 10.9. The number of anilines is 2. The quantitative estimate of drug-likeness (QED) is 0.501. The van der Waals surface area contributed by atoms with Crippen LogP contribution in [0.25, 0.3) is 0 Å². The van der Waals surface area contributed by atoms with Crippen molar-refractivity contribution in [3.8, 4) is 0 Å². The summed E-state index contributed by atoms with van der Waals surface area (Å²) in [7, 11) is -3.51. The first-order valence-corrected chi connectivity index (χ1v) is 13.2. The summed E-state index contributed by atoms with van der Waals surface area (Å²) in [6.45, 7) is 0.0806. The maximum absolute atomic E-state index is 13.7. The molecule has 3 heterocycles. The van der Waals surface area contributed by atoms with E-state index in [0.717, 1.165) is 25.4 Å². The van der Waals surface area contributed by atoms with Gasteiger partial charge >= 0.3 is 18.4 Å². The lowest BCUT2D eigenvalue weighted by Crippen LogP contribution is -2.37. The maximum atomic E-state index is 13.7. The number of hydrogen-bond acceptors (Lipinski definition) is 7. The first kappa shape index (κ1) is 30.1. The van der Waals surface area contributed by atoms with Gasteiger partial charge in [-0.05, 0) is 31.0 Å². The van der Waals surface area contributed by atoms with Crippen LogP contribution >= 0.6 is 0 Å². The number of nitrogens with zero attached hydrogens (tertiary/aromatic N) is 5. The molecule has 2 aromatic heterocycles. The van der Waals surface area contributed by atoms with Gasteiger partial charge in [0.1, 0.15) is 20.6 Å². The zero-order valence-corrected chi connectivity index (χ0v) is 21.5. The highest BCUT2D eigenvalue weighted by Crippen LogP contribution is 2.36. The highest BCUT2D eigenvalue weighted by atomic mass is 32.2. The predicted octanol–water partition coefficient (Wildman–Crippen LogP) is 4.27. The zero-order valence-electron chi connectivity index (χ0n) is 20.6. The Morgan fingerprint density at radius 3 is 2.44 bits per heavy atom. The Kier molecular flexibility index (Phi) is 8.74. The Morgan fingerprint density at radius 1 is 1.13 bits per heavy atom. The van der Waals surface area contributed by atoms with E-state index in [0.29, 0.717) is 6.20 Å². The van der Waals surface area contributed by atoms with Crippen LogP contribution in [0.3, 0.4) is 0 Å². The van der Waals surface area contributed by atoms with E-state index in [4.69, 9.17) is 5.11 Å². The molecule has 2 amide bonds. The van der Waals surface area contributed by atoms with Crippen LogP contribution in [0.15, 0.2) is 33.9 Å². The molecule has 10 nitrogen and oxygen atoms in total. The molecule has 1 fully saturated rings. The average Bonchev–Trinajstić information content (AvgIpc) is 3.01. The summed E-state index contributed by atoms with van der Waals surface area (Å²) < 4.78 is 95.2. The number of carbonyl (C=O) groups excluding carboxylic acids is 1. The Morgan fingerprint density at radius 2 is 1.82 bits per heavy atom. The van der Waals surface area contributed by atoms with Crippen molar-refractivity contribution in [2.45, 2.75) is 30.7 Å². The van der Waals surface area contributed by atoms with Gasteiger partial charge in [-0.1, -0.05) is 0 Å². The summed E-state index contributed by atoms with van der Waals surface area (Å²) in [6, 6.07) is 2.32. The lowest BCUT2D eigenvalue weighted by molar-refractivity contribution is -0.145. The monoisotopic (exact) mass is 582 g/mol. The molecule has 214 valence electrons. The fraction of sp³-hybridized carbons (Fsp3) is 0.455. The van der Waals surface area contributed by atoms with E-state index in [1.165, 1.54) is 15.9 Å². The van der Waals surface area contributed by atoms with Crippen molar-refractivity contribution in [2.24, 2.45) is 4.36 Å². The lowest BCUT2D eigenvalue weighted by atomic mass is 10.0. The number of carbonyl (C=O) groups is 2. The van der Waals surface area contributed by atoms with E-state index in [-0.39, 0.29) is 49.1 Å². The zero-order chi connectivity index (χ0) is 29.2. The minimum atomic E-state index is -4.84. The van der Waals surface area contributed by atoms with Crippen molar-refractivity contribution in [1.29, 1.82) is 0 Å². The molecule has 17 heteroatoms. The van der Waals surface area contributed by atoms with Gasteiger partial charge in [0.25, 0.3) is 5.91 Å². The van der Waals surface area contributed by atoms with E-state index in [2.05, 4.69) is 19.6 Å². The first-order chi connectivity index (χ1) is 18.0. The molecule has 0 aromatic carbocycles. The first-order valence-electron chi connectivity index (χ1n) is 11.3. The third-order valence-corrected chi connectivity index (χ3v) is 7.28. The Labute approximate surface area is 219 Å². The van der Waals surface area contributed by atoms with E-state index in [1.807, 2.05) is 0 Å². The van der Waals surface area contributed by atoms with Gasteiger partial charge < -0.3 is 15.3 Å². The third-order valence-electron chi connectivity index (χ3n) is 5.78. The number of halogens is 6. The van der Waals surface area contributed by atoms with Crippen LogP contribution in [-0.4, -0.2) is 81.3 Å². The molecule has 1 atom stereocenters. The van der Waals surface area contributed by atoms with Crippen LogP contribution in [0.2, 0.25) is 0 Å². The molecule has 2 N–H and O–H groups in total. The van der Waals surface area contributed by atoms with Gasteiger partial charge in [-0.3, -0.25) is 9.69 Å². The van der Waals surface area contributed by atoms with E-state index in [1.54, 1.807) is 0 Å². The standard InChI is InChI=1S/C22H24F6N6O4S/c1-13-15(22(26,27)28)11-30-18(34-7-3-6-33(8-9-34)12-21(23,24)25)17(13)19(35)31-14-4-5-29-16(10-14)39(2,38)32-20(36)37/h4-5,10-11H,3,6-9,12H2,1-2H3,(H,36,37)(H,29,31,35). The molecular weight excluding hydrogens is 558 g/mol. The van der Waals surface area contributed by atoms with Gasteiger partial charge in [0.05, 0.1) is 17.7 Å². The molecule has 1 aliphatic heterocycles. The smallest absolute Gasteiger partial charge is 0.439 e. The SMILES string of the molecule is Cc1c(C(F)(F)F)cnc(N2CCCN(CC(F)(F)F)CC2)c1C(=O)Nc1ccnc(S(C)(=O)=NC(=O)O)c1. The number of nitrogens with one attached hydrogen (secondary N) is 1. The highest BCUT2D eigenvalue weighted by Gasteiger charge is 2.37. The van der Waals surface area contributed by atoms with Crippen molar-refractivity contribution < 1.29 is 45.2 Å². The van der Waals surface area contributed by atoms with E-state index >= 15 is 0 Å². The van der Waals surface area contributed by atoms with Crippen LogP contribution in [0.4, 0.5) is 42.6 Å². The van der Waals surface area contributed by atoms with Gasteiger partial charge in [0, 0.05) is 50.5 Å². The number of hydrogen-bond donors (Lipinski definition) is 2. The molecule has 0 spiro atoms. The molecule has 1 unspecified atom stereocenters. The molecule has 0 radical (unpaired) electrons. The summed E-state index contributed by atoms with van der Waals surface area (Å²) in [6.07, 6.45) is -8.05. The second-order valence-electron chi connectivity index (χ2n) is 8.74. The Hall–Kier alpha value is -3.47. The van der Waals surface area contributed by atoms with Crippen molar-refractivity contribution >= 4 is 33.2 Å². The largest absolute Gasteiger partial charge is 0.463 e. The molecule has 0 saturated carbocycles. The summed E-state index contributed by atoms with van der Waals surface area (Å²) in [5.74, 6) is -1.16. The summed E-state index contributed by atoms with van der Waals surface area (Å²) in [4.78, 5) is 34.5. The van der Waals surface area contributed by atoms with Crippen molar-refractivity contribution in [2.75, 3.05) is 49.2 Å². The molecule has 1 aliphatic rings. The minimum absolute atomic E-state index is 0.0256. The van der Waals surface area contributed by atoms with Crippen LogP contribution in [0, 0.1) is 6.92 Å². The van der Waals surface area contributed by atoms with E-state index in [9.17, 15) is 40.1 Å². The molecule has 0 bridgehead atoms. The van der Waals surface area contributed by atoms with Crippen molar-refractivity contribution in [3.63, 3.8) is 0 Å². The fourth-order valence-corrected chi connectivity index (χ4v) is 5.06. The predicted molar refractivity (Wildman–Crippen MR) is 128 cm³/mol. The topological polar surface area (TPSA) is 128 Å². The van der Waals surface area contributed by atoms with Gasteiger partial charge in [0.2, 0.25) is 0 Å². The molecule has 2 aromatic rings. The number of alkyl halides is 6. The number of carboxylic acid groups (broad SMARTS) is 1. The molecule has 3 rings (SSSR count). The molecule has 1 saturated heterocycles. The van der Waals surface area contributed by atoms with Crippen LogP contribution in [0.1, 0.15) is 27.9 Å². The molecule has 0 aliphatic carbocycles. The summed E-state index contributed by atoms with van der Waals surface area (Å²) >= 11 is 0. The number of aromatic nitrogens is 2. The minimum Gasteiger partial charge on any atom is -0.463 e. The summed E-state index contributed by atoms with van der Waals surface area (Å²) in [5.41, 5.74) is -2.12. The normalized spacial score (nSPS) is 16.8. The number of pyridine rings is 2. The van der Waals surface area contributed by atoms with Gasteiger partial charge in [-0.2, -0.15) is 26.3 Å². The molecule has 39 heavy (non-hydrogen) atoms. The van der Waals surface area contributed by atoms with Crippen LogP contribution < -0.4 is 10.2 Å². The van der Waals surface area contributed by atoms with Gasteiger partial charge in [-0.15, -0.1) is 4.36 Å². The van der Waals surface area contributed by atoms with Crippen molar-refractivity contribution in [3.05, 3.63) is 41.2 Å². The number of amides is 2. The fourth-order valence-electron chi connectivity index (χ4n) is 4.06. The van der Waals surface area contributed by atoms with Crippen LogP contribution in [0.5, 0.6) is 0 Å². The van der Waals surface area contributed by atoms with Gasteiger partial charge in [-0.25, -0.2) is 19.0 Å². The highest BCUT2D eigenvalue weighted by molar-refractivity contribution is 7.93. The van der Waals surface area contributed by atoms with E-state index < -0.39 is 57.3 Å². The maximum Gasteiger partial charge on any atom is 0.439 e. The third kappa shape index (κ3) is 7.78. The lowest BCUT2D eigenvalue weighted by Gasteiger charge is -2.26. The second kappa shape index (κ2) is 11.3. The van der Waals surface area contributed by atoms with Crippen LogP contribution in [-0.2, 0) is 15.9 Å². The average molecular weight is 583 g/mol. The molecular formula is C22H24F6N6O4S. The second-order valence-corrected chi connectivity index (χ2v) is 10.9. The Balaban J connectivity index is 2.00. The van der Waals surface area contributed by atoms with Crippen molar-refractivity contribution in [1.82, 2.24) is 14.9 Å². The number of rotatable bonds is 5. The Bertz CT molecular complexity index is 1370.